The fraction of sp³-hybridized carbons (Fsp3) is 0.125. The van der Waals surface area contributed by atoms with E-state index in [0.29, 0.717) is 18.9 Å². The molecule has 3 heteroatoms. The molecular weight excluding hydrogens is 241 g/mol. The molecule has 0 spiro atoms. The summed E-state index contributed by atoms with van der Waals surface area (Å²) in [6, 6.07) is 13.7. The van der Waals surface area contributed by atoms with Crippen LogP contribution in [-0.2, 0) is 6.61 Å². The topological polar surface area (TPSA) is 35.2 Å². The average molecular weight is 255 g/mol. The first-order chi connectivity index (χ1) is 9.29. The Morgan fingerprint density at radius 2 is 1.95 bits per heavy atom. The monoisotopic (exact) mass is 255 g/mol. The Kier molecular flexibility index (Phi) is 4.54. The van der Waals surface area contributed by atoms with Crippen molar-refractivity contribution in [3.63, 3.8) is 0 Å². The highest BCUT2D eigenvalue weighted by Crippen LogP contribution is 2.15. The summed E-state index contributed by atoms with van der Waals surface area (Å²) in [5, 5.41) is 0. The maximum Gasteiger partial charge on any atom is 0.126 e. The quantitative estimate of drug-likeness (QED) is 0.856. The highest BCUT2D eigenvalue weighted by molar-refractivity contribution is 5.41. The van der Waals surface area contributed by atoms with E-state index in [1.165, 1.54) is 12.1 Å². The van der Waals surface area contributed by atoms with Crippen LogP contribution in [0.2, 0.25) is 0 Å². The molecule has 19 heavy (non-hydrogen) atoms. The van der Waals surface area contributed by atoms with Gasteiger partial charge < -0.3 is 10.5 Å². The van der Waals surface area contributed by atoms with E-state index in [1.807, 2.05) is 24.3 Å². The summed E-state index contributed by atoms with van der Waals surface area (Å²) >= 11 is 0. The largest absolute Gasteiger partial charge is 0.489 e. The lowest BCUT2D eigenvalue weighted by atomic mass is 10.1. The number of benzene rings is 2. The molecule has 0 amide bonds. The second-order valence-corrected chi connectivity index (χ2v) is 3.91. The molecule has 0 bridgehead atoms. The SMILES string of the molecule is NCC#Cc1ccccc1COc1cccc(F)c1. The molecule has 2 rings (SSSR count). The van der Waals surface area contributed by atoms with E-state index in [4.69, 9.17) is 10.5 Å². The summed E-state index contributed by atoms with van der Waals surface area (Å²) in [7, 11) is 0. The molecule has 96 valence electrons. The number of hydrogen-bond acceptors (Lipinski definition) is 2. The predicted molar refractivity (Wildman–Crippen MR) is 73.1 cm³/mol. The predicted octanol–water partition coefficient (Wildman–Crippen LogP) is 2.71. The molecular formula is C16H14FNO. The number of halogens is 1. The van der Waals surface area contributed by atoms with E-state index < -0.39 is 0 Å². The second kappa shape index (κ2) is 6.58. The van der Waals surface area contributed by atoms with Gasteiger partial charge in [-0.3, -0.25) is 0 Å². The summed E-state index contributed by atoms with van der Waals surface area (Å²) in [6.45, 7) is 0.665. The van der Waals surface area contributed by atoms with Crippen LogP contribution in [0.25, 0.3) is 0 Å². The van der Waals surface area contributed by atoms with Crippen molar-refractivity contribution in [3.05, 3.63) is 65.5 Å². The Hall–Kier alpha value is -2.31. The van der Waals surface area contributed by atoms with Gasteiger partial charge in [-0.1, -0.05) is 36.1 Å². The van der Waals surface area contributed by atoms with Crippen LogP contribution in [0.3, 0.4) is 0 Å². The molecule has 2 nitrogen and oxygen atoms in total. The van der Waals surface area contributed by atoms with Crippen molar-refractivity contribution in [2.75, 3.05) is 6.54 Å². The van der Waals surface area contributed by atoms with E-state index in [1.54, 1.807) is 12.1 Å². The summed E-state index contributed by atoms with van der Waals surface area (Å²) in [6.07, 6.45) is 0. The van der Waals surface area contributed by atoms with E-state index in [0.717, 1.165) is 11.1 Å². The van der Waals surface area contributed by atoms with Gasteiger partial charge in [-0.05, 0) is 18.2 Å². The minimum absolute atomic E-state index is 0.311. The average Bonchev–Trinajstić information content (AvgIpc) is 2.44. The second-order valence-electron chi connectivity index (χ2n) is 3.91. The molecule has 0 heterocycles. The zero-order chi connectivity index (χ0) is 13.5. The van der Waals surface area contributed by atoms with Gasteiger partial charge in [0.2, 0.25) is 0 Å². The number of nitrogens with two attached hydrogens (primary N) is 1. The molecule has 0 saturated heterocycles. The lowest BCUT2D eigenvalue weighted by molar-refractivity contribution is 0.304. The molecule has 2 aromatic carbocycles. The van der Waals surface area contributed by atoms with E-state index in [-0.39, 0.29) is 5.82 Å². The highest BCUT2D eigenvalue weighted by atomic mass is 19.1. The van der Waals surface area contributed by atoms with Crippen molar-refractivity contribution in [2.24, 2.45) is 5.73 Å². The fourth-order valence-corrected chi connectivity index (χ4v) is 1.63. The van der Waals surface area contributed by atoms with Crippen molar-refractivity contribution in [1.82, 2.24) is 0 Å². The summed E-state index contributed by atoms with van der Waals surface area (Å²) in [4.78, 5) is 0. The fourth-order valence-electron chi connectivity index (χ4n) is 1.63. The van der Waals surface area contributed by atoms with Crippen LogP contribution in [0.15, 0.2) is 48.5 Å². The molecule has 0 fully saturated rings. The van der Waals surface area contributed by atoms with Crippen LogP contribution < -0.4 is 10.5 Å². The lowest BCUT2D eigenvalue weighted by Crippen LogP contribution is -1.99. The molecule has 0 aromatic heterocycles. The Morgan fingerprint density at radius 1 is 1.11 bits per heavy atom. The van der Waals surface area contributed by atoms with Crippen LogP contribution in [0.1, 0.15) is 11.1 Å². The lowest BCUT2D eigenvalue weighted by Gasteiger charge is -2.08. The standard InChI is InChI=1S/C16H14FNO/c17-15-8-3-9-16(11-15)19-12-14-6-2-1-5-13(14)7-4-10-18/h1-3,5-6,8-9,11H,10,12,18H2. The molecule has 2 aromatic rings. The van der Waals surface area contributed by atoms with Gasteiger partial charge in [0, 0.05) is 17.2 Å². The van der Waals surface area contributed by atoms with Gasteiger partial charge in [0.05, 0.1) is 6.54 Å². The van der Waals surface area contributed by atoms with Crippen molar-refractivity contribution in [2.45, 2.75) is 6.61 Å². The summed E-state index contributed by atoms with van der Waals surface area (Å²) < 4.78 is 18.6. The molecule has 0 aliphatic carbocycles. The Bertz CT molecular complexity index is 613. The van der Waals surface area contributed by atoms with Crippen LogP contribution in [0.5, 0.6) is 5.75 Å². The van der Waals surface area contributed by atoms with Gasteiger partial charge in [-0.2, -0.15) is 0 Å². The van der Waals surface area contributed by atoms with Crippen LogP contribution in [-0.4, -0.2) is 6.54 Å². The summed E-state index contributed by atoms with van der Waals surface area (Å²) in [5.74, 6) is 6.00. The minimum Gasteiger partial charge on any atom is -0.489 e. The maximum atomic E-state index is 13.0. The zero-order valence-electron chi connectivity index (χ0n) is 10.4. The van der Waals surface area contributed by atoms with E-state index >= 15 is 0 Å². The Balaban J connectivity index is 2.11. The van der Waals surface area contributed by atoms with Gasteiger partial charge in [-0.25, -0.2) is 4.39 Å². The van der Waals surface area contributed by atoms with Crippen molar-refractivity contribution in [1.29, 1.82) is 0 Å². The first-order valence-corrected chi connectivity index (χ1v) is 5.95. The van der Waals surface area contributed by atoms with Crippen molar-refractivity contribution >= 4 is 0 Å². The van der Waals surface area contributed by atoms with Crippen LogP contribution in [0.4, 0.5) is 4.39 Å². The van der Waals surface area contributed by atoms with Crippen LogP contribution in [0, 0.1) is 17.7 Å². The van der Waals surface area contributed by atoms with Crippen molar-refractivity contribution < 1.29 is 9.13 Å². The third-order valence-corrected chi connectivity index (χ3v) is 2.53. The maximum absolute atomic E-state index is 13.0. The zero-order valence-corrected chi connectivity index (χ0v) is 10.4. The minimum atomic E-state index is -0.311. The molecule has 2 N–H and O–H groups in total. The molecule has 0 aliphatic rings. The van der Waals surface area contributed by atoms with Gasteiger partial charge in [0.15, 0.2) is 0 Å². The van der Waals surface area contributed by atoms with Gasteiger partial charge in [-0.15, -0.1) is 0 Å². The molecule has 0 aliphatic heterocycles. The van der Waals surface area contributed by atoms with Crippen molar-refractivity contribution in [3.8, 4) is 17.6 Å². The first kappa shape index (κ1) is 13.1. The Labute approximate surface area is 112 Å². The van der Waals surface area contributed by atoms with Gasteiger partial charge in [0.25, 0.3) is 0 Å². The normalized spacial score (nSPS) is 9.58. The number of ether oxygens (including phenoxy) is 1. The van der Waals surface area contributed by atoms with E-state index in [9.17, 15) is 4.39 Å². The molecule has 0 saturated carbocycles. The highest BCUT2D eigenvalue weighted by Gasteiger charge is 2.01. The smallest absolute Gasteiger partial charge is 0.126 e. The molecule has 0 unspecified atom stereocenters. The Morgan fingerprint density at radius 3 is 2.74 bits per heavy atom. The van der Waals surface area contributed by atoms with E-state index in [2.05, 4.69) is 11.8 Å². The first-order valence-electron chi connectivity index (χ1n) is 5.95. The number of hydrogen-bond donors (Lipinski definition) is 1. The molecule has 0 radical (unpaired) electrons. The third-order valence-electron chi connectivity index (χ3n) is 2.53. The van der Waals surface area contributed by atoms with Gasteiger partial charge >= 0.3 is 0 Å². The van der Waals surface area contributed by atoms with Gasteiger partial charge in [0.1, 0.15) is 18.2 Å². The van der Waals surface area contributed by atoms with Crippen LogP contribution >= 0.6 is 0 Å². The number of rotatable bonds is 3. The molecule has 0 atom stereocenters. The third kappa shape index (κ3) is 3.84. The summed E-state index contributed by atoms with van der Waals surface area (Å²) in [5.41, 5.74) is 7.19.